The fourth-order valence-electron chi connectivity index (χ4n) is 1.90. The van der Waals surface area contributed by atoms with Crippen LogP contribution in [-0.2, 0) is 11.3 Å². The van der Waals surface area contributed by atoms with Crippen LogP contribution in [0.25, 0.3) is 0 Å². The van der Waals surface area contributed by atoms with E-state index in [4.69, 9.17) is 9.47 Å². The lowest BCUT2D eigenvalue weighted by molar-refractivity contribution is 0.0497. The van der Waals surface area contributed by atoms with Crippen LogP contribution in [-0.4, -0.2) is 29.6 Å². The molecule has 1 aromatic heterocycles. The second-order valence-corrected chi connectivity index (χ2v) is 4.31. The van der Waals surface area contributed by atoms with E-state index in [0.717, 1.165) is 51.4 Å². The summed E-state index contributed by atoms with van der Waals surface area (Å²) in [4.78, 5) is 0. The Bertz CT molecular complexity index is 306. The summed E-state index contributed by atoms with van der Waals surface area (Å²) in [5.74, 6) is 1.53. The minimum atomic E-state index is 0.642. The molecule has 0 spiro atoms. The molecule has 0 atom stereocenters. The Hall–Kier alpha value is -1.03. The molecule has 4 nitrogen and oxygen atoms in total. The van der Waals surface area contributed by atoms with E-state index >= 15 is 0 Å². The minimum absolute atomic E-state index is 0.642. The molecule has 0 unspecified atom stereocenters. The van der Waals surface area contributed by atoms with E-state index in [1.54, 1.807) is 6.20 Å². The smallest absolute Gasteiger partial charge is 0.157 e. The number of aromatic nitrogens is 2. The highest BCUT2D eigenvalue weighted by Crippen LogP contribution is 2.17. The summed E-state index contributed by atoms with van der Waals surface area (Å²) in [6.45, 7) is 5.65. The molecule has 1 aliphatic heterocycles. The van der Waals surface area contributed by atoms with Gasteiger partial charge in [-0.1, -0.05) is 6.92 Å². The van der Waals surface area contributed by atoms with E-state index < -0.39 is 0 Å². The second-order valence-electron chi connectivity index (χ2n) is 4.31. The van der Waals surface area contributed by atoms with Crippen molar-refractivity contribution in [2.75, 3.05) is 19.8 Å². The van der Waals surface area contributed by atoms with Crippen molar-refractivity contribution in [1.82, 2.24) is 9.78 Å². The van der Waals surface area contributed by atoms with Crippen LogP contribution < -0.4 is 4.74 Å². The third kappa shape index (κ3) is 3.23. The van der Waals surface area contributed by atoms with Crippen molar-refractivity contribution in [3.05, 3.63) is 12.4 Å². The number of rotatable bonds is 5. The normalized spacial score (nSPS) is 17.6. The zero-order valence-corrected chi connectivity index (χ0v) is 9.89. The third-order valence-electron chi connectivity index (χ3n) is 2.89. The molecule has 0 aromatic carbocycles. The first-order valence-corrected chi connectivity index (χ1v) is 6.11. The summed E-state index contributed by atoms with van der Waals surface area (Å²) in [6.07, 6.45) is 7.10. The highest BCUT2D eigenvalue weighted by Gasteiger charge is 2.14. The molecule has 0 saturated carbocycles. The van der Waals surface area contributed by atoms with Crippen LogP contribution in [0.15, 0.2) is 12.4 Å². The summed E-state index contributed by atoms with van der Waals surface area (Å²) < 4.78 is 13.0. The van der Waals surface area contributed by atoms with Gasteiger partial charge in [0.15, 0.2) is 5.75 Å². The minimum Gasteiger partial charge on any atom is -0.490 e. The predicted octanol–water partition coefficient (Wildman–Crippen LogP) is 2.10. The summed E-state index contributed by atoms with van der Waals surface area (Å²) in [5, 5.41) is 4.24. The zero-order valence-electron chi connectivity index (χ0n) is 9.89. The van der Waals surface area contributed by atoms with E-state index in [2.05, 4.69) is 12.0 Å². The maximum absolute atomic E-state index is 5.73. The molecule has 90 valence electrons. The molecule has 4 heteroatoms. The Morgan fingerprint density at radius 1 is 1.50 bits per heavy atom. The Balaban J connectivity index is 1.75. The van der Waals surface area contributed by atoms with Gasteiger partial charge in [-0.15, -0.1) is 0 Å². The largest absolute Gasteiger partial charge is 0.490 e. The lowest BCUT2D eigenvalue weighted by Gasteiger charge is -2.21. The van der Waals surface area contributed by atoms with Gasteiger partial charge < -0.3 is 9.47 Å². The van der Waals surface area contributed by atoms with Crippen LogP contribution in [0.5, 0.6) is 5.75 Å². The van der Waals surface area contributed by atoms with Crippen LogP contribution in [0.4, 0.5) is 0 Å². The van der Waals surface area contributed by atoms with Crippen molar-refractivity contribution < 1.29 is 9.47 Å². The van der Waals surface area contributed by atoms with E-state index in [0.29, 0.717) is 5.92 Å². The maximum Gasteiger partial charge on any atom is 0.157 e. The maximum atomic E-state index is 5.73. The average molecular weight is 224 g/mol. The van der Waals surface area contributed by atoms with Gasteiger partial charge in [0, 0.05) is 19.8 Å². The number of hydrogen-bond acceptors (Lipinski definition) is 3. The van der Waals surface area contributed by atoms with Crippen molar-refractivity contribution in [3.8, 4) is 5.75 Å². The average Bonchev–Trinajstić information content (AvgIpc) is 2.76. The lowest BCUT2D eigenvalue weighted by Crippen LogP contribution is -2.21. The molecule has 1 saturated heterocycles. The Labute approximate surface area is 96.5 Å². The van der Waals surface area contributed by atoms with Crippen LogP contribution in [0, 0.1) is 5.92 Å². The summed E-state index contributed by atoms with van der Waals surface area (Å²) in [5.41, 5.74) is 0. The van der Waals surface area contributed by atoms with E-state index in [-0.39, 0.29) is 0 Å². The van der Waals surface area contributed by atoms with Crippen molar-refractivity contribution in [2.24, 2.45) is 5.92 Å². The van der Waals surface area contributed by atoms with Crippen molar-refractivity contribution in [3.63, 3.8) is 0 Å². The quantitative estimate of drug-likeness (QED) is 0.768. The summed E-state index contributed by atoms with van der Waals surface area (Å²) in [6, 6.07) is 0. The third-order valence-corrected chi connectivity index (χ3v) is 2.89. The molecule has 2 rings (SSSR count). The van der Waals surface area contributed by atoms with Gasteiger partial charge in [0.05, 0.1) is 19.0 Å². The Kier molecular flexibility index (Phi) is 4.22. The summed E-state index contributed by atoms with van der Waals surface area (Å²) in [7, 11) is 0. The van der Waals surface area contributed by atoms with Crippen LogP contribution in [0.3, 0.4) is 0 Å². The SMILES string of the molecule is CCCn1cc(OCC2CCOCC2)cn1. The molecule has 0 N–H and O–H groups in total. The zero-order chi connectivity index (χ0) is 11.2. The molecule has 1 fully saturated rings. The Morgan fingerprint density at radius 2 is 2.31 bits per heavy atom. The first-order chi connectivity index (χ1) is 7.88. The molecule has 1 aliphatic rings. The molecular weight excluding hydrogens is 204 g/mol. The van der Waals surface area contributed by atoms with Gasteiger partial charge in [0.25, 0.3) is 0 Å². The lowest BCUT2D eigenvalue weighted by atomic mass is 10.0. The fraction of sp³-hybridized carbons (Fsp3) is 0.750. The van der Waals surface area contributed by atoms with Crippen molar-refractivity contribution in [2.45, 2.75) is 32.7 Å². The monoisotopic (exact) mass is 224 g/mol. The molecule has 0 radical (unpaired) electrons. The molecular formula is C12H20N2O2. The molecule has 16 heavy (non-hydrogen) atoms. The van der Waals surface area contributed by atoms with E-state index in [1.807, 2.05) is 10.9 Å². The van der Waals surface area contributed by atoms with Gasteiger partial charge in [-0.2, -0.15) is 5.10 Å². The van der Waals surface area contributed by atoms with Gasteiger partial charge in [0.2, 0.25) is 0 Å². The highest BCUT2D eigenvalue weighted by atomic mass is 16.5. The van der Waals surface area contributed by atoms with Crippen molar-refractivity contribution >= 4 is 0 Å². The number of ether oxygens (including phenoxy) is 2. The van der Waals surface area contributed by atoms with Gasteiger partial charge in [-0.05, 0) is 25.2 Å². The van der Waals surface area contributed by atoms with Gasteiger partial charge in [0.1, 0.15) is 0 Å². The van der Waals surface area contributed by atoms with Crippen LogP contribution in [0.1, 0.15) is 26.2 Å². The van der Waals surface area contributed by atoms with Gasteiger partial charge in [-0.3, -0.25) is 4.68 Å². The molecule has 0 bridgehead atoms. The highest BCUT2D eigenvalue weighted by molar-refractivity contribution is 5.11. The second kappa shape index (κ2) is 5.89. The standard InChI is InChI=1S/C12H20N2O2/c1-2-5-14-9-12(8-13-14)16-10-11-3-6-15-7-4-11/h8-9,11H,2-7,10H2,1H3. The number of nitrogens with zero attached hydrogens (tertiary/aromatic N) is 2. The van der Waals surface area contributed by atoms with E-state index in [1.165, 1.54) is 0 Å². The molecule has 2 heterocycles. The topological polar surface area (TPSA) is 36.3 Å². The predicted molar refractivity (Wildman–Crippen MR) is 61.6 cm³/mol. The fourth-order valence-corrected chi connectivity index (χ4v) is 1.90. The summed E-state index contributed by atoms with van der Waals surface area (Å²) >= 11 is 0. The first-order valence-electron chi connectivity index (χ1n) is 6.11. The molecule has 1 aromatic rings. The van der Waals surface area contributed by atoms with Crippen LogP contribution >= 0.6 is 0 Å². The van der Waals surface area contributed by atoms with Crippen LogP contribution in [0.2, 0.25) is 0 Å². The molecule has 0 aliphatic carbocycles. The number of hydrogen-bond donors (Lipinski definition) is 0. The number of aryl methyl sites for hydroxylation is 1. The first kappa shape index (κ1) is 11.5. The van der Waals surface area contributed by atoms with Crippen molar-refractivity contribution in [1.29, 1.82) is 0 Å². The van der Waals surface area contributed by atoms with Gasteiger partial charge in [-0.25, -0.2) is 0 Å². The Morgan fingerprint density at radius 3 is 3.06 bits per heavy atom. The molecule has 0 amide bonds. The van der Waals surface area contributed by atoms with E-state index in [9.17, 15) is 0 Å². The van der Waals surface area contributed by atoms with Gasteiger partial charge >= 0.3 is 0 Å².